The molecule has 0 saturated carbocycles. The Labute approximate surface area is 104 Å². The van der Waals surface area contributed by atoms with Gasteiger partial charge in [0.1, 0.15) is 11.5 Å². The molecular formula is C11H13NO4S. The number of phenols is 2. The molecule has 0 saturated heterocycles. The van der Waals surface area contributed by atoms with E-state index in [1.54, 1.807) is 0 Å². The summed E-state index contributed by atoms with van der Waals surface area (Å²) in [6.07, 6.45) is 1.64. The van der Waals surface area contributed by atoms with Gasteiger partial charge in [-0.1, -0.05) is 0 Å². The number of carbonyl (C=O) groups is 1. The summed E-state index contributed by atoms with van der Waals surface area (Å²) in [7, 11) is 0. The monoisotopic (exact) mass is 255 g/mol. The van der Waals surface area contributed by atoms with Gasteiger partial charge in [0.25, 0.3) is 0 Å². The van der Waals surface area contributed by atoms with Crippen LogP contribution in [0.4, 0.5) is 0 Å². The van der Waals surface area contributed by atoms with Gasteiger partial charge in [0.05, 0.1) is 0 Å². The number of aromatic hydroxyl groups is 2. The number of nitrogens with zero attached hydrogens (tertiary/aromatic N) is 1. The van der Waals surface area contributed by atoms with Crippen molar-refractivity contribution < 1.29 is 20.1 Å². The second kappa shape index (κ2) is 6.15. The minimum atomic E-state index is -1.05. The molecule has 0 spiro atoms. The maximum atomic E-state index is 10.6. The maximum Gasteiger partial charge on any atom is 0.329 e. The molecule has 0 radical (unpaired) electrons. The van der Waals surface area contributed by atoms with Gasteiger partial charge in [-0.2, -0.15) is 12.6 Å². The second-order valence-electron chi connectivity index (χ2n) is 3.39. The first kappa shape index (κ1) is 13.4. The molecule has 0 amide bonds. The fourth-order valence-electron chi connectivity index (χ4n) is 1.20. The highest BCUT2D eigenvalue weighted by Crippen LogP contribution is 2.21. The van der Waals surface area contributed by atoms with E-state index >= 15 is 0 Å². The lowest BCUT2D eigenvalue weighted by molar-refractivity contribution is -0.137. The van der Waals surface area contributed by atoms with Gasteiger partial charge in [0.15, 0.2) is 6.04 Å². The third-order valence-corrected chi connectivity index (χ3v) is 2.46. The summed E-state index contributed by atoms with van der Waals surface area (Å²) in [6, 6.07) is 3.24. The molecular weight excluding hydrogens is 242 g/mol. The summed E-state index contributed by atoms with van der Waals surface area (Å²) < 4.78 is 0. The van der Waals surface area contributed by atoms with Gasteiger partial charge in [0.2, 0.25) is 0 Å². The first-order chi connectivity index (χ1) is 8.04. The molecule has 0 heterocycles. The highest BCUT2D eigenvalue weighted by atomic mass is 32.1. The van der Waals surface area contributed by atoms with E-state index in [4.69, 9.17) is 5.11 Å². The van der Waals surface area contributed by atoms with Gasteiger partial charge in [-0.15, -0.1) is 0 Å². The number of hydrogen-bond donors (Lipinski definition) is 4. The SMILES string of the molecule is O=C(O)[C@H](CS)N=CCc1cc(O)ccc1O. The van der Waals surface area contributed by atoms with Crippen molar-refractivity contribution in [2.24, 2.45) is 4.99 Å². The second-order valence-corrected chi connectivity index (χ2v) is 3.75. The van der Waals surface area contributed by atoms with E-state index in [-0.39, 0.29) is 23.7 Å². The number of aliphatic carboxylic acids is 1. The quantitative estimate of drug-likeness (QED) is 0.360. The maximum absolute atomic E-state index is 10.6. The minimum absolute atomic E-state index is 0.0343. The molecule has 5 nitrogen and oxygen atoms in total. The number of aliphatic imine (C=N–C) groups is 1. The van der Waals surface area contributed by atoms with Crippen molar-refractivity contribution in [2.45, 2.75) is 12.5 Å². The van der Waals surface area contributed by atoms with Crippen LogP contribution in [-0.2, 0) is 11.2 Å². The summed E-state index contributed by atoms with van der Waals surface area (Å²) in [5, 5.41) is 27.4. The molecule has 0 aliphatic rings. The van der Waals surface area contributed by atoms with Crippen molar-refractivity contribution in [3.8, 4) is 11.5 Å². The Morgan fingerprint density at radius 2 is 2.18 bits per heavy atom. The number of phenolic OH excluding ortho intramolecular Hbond substituents is 2. The summed E-state index contributed by atoms with van der Waals surface area (Å²) in [5.74, 6) is -0.865. The lowest BCUT2D eigenvalue weighted by Gasteiger charge is -2.04. The highest BCUT2D eigenvalue weighted by Gasteiger charge is 2.12. The predicted octanol–water partition coefficient (Wildman–Crippen LogP) is 1.09. The molecule has 1 atom stereocenters. The standard InChI is InChI=1S/C11H13NO4S/c13-8-1-2-10(14)7(5-8)3-4-12-9(6-17)11(15)16/h1-2,4-5,9,13-14,17H,3,6H2,(H,15,16)/t9-/m0/s1. The predicted molar refractivity (Wildman–Crippen MR) is 67.2 cm³/mol. The van der Waals surface area contributed by atoms with Gasteiger partial charge in [-0.25, -0.2) is 4.79 Å². The zero-order valence-electron chi connectivity index (χ0n) is 8.95. The number of carboxylic acid groups (broad SMARTS) is 1. The first-order valence-corrected chi connectivity index (χ1v) is 5.54. The zero-order chi connectivity index (χ0) is 12.8. The number of benzene rings is 1. The first-order valence-electron chi connectivity index (χ1n) is 4.90. The molecule has 17 heavy (non-hydrogen) atoms. The van der Waals surface area contributed by atoms with Crippen molar-refractivity contribution in [1.29, 1.82) is 0 Å². The molecule has 0 bridgehead atoms. The van der Waals surface area contributed by atoms with Crippen LogP contribution in [-0.4, -0.2) is 39.3 Å². The largest absolute Gasteiger partial charge is 0.508 e. The lowest BCUT2D eigenvalue weighted by Crippen LogP contribution is -2.19. The summed E-state index contributed by atoms with van der Waals surface area (Å²) in [6.45, 7) is 0. The molecule has 0 unspecified atom stereocenters. The number of rotatable bonds is 5. The Balaban J connectivity index is 2.69. The Bertz CT molecular complexity index is 433. The fourth-order valence-corrected chi connectivity index (χ4v) is 1.45. The van der Waals surface area contributed by atoms with E-state index in [1.165, 1.54) is 24.4 Å². The van der Waals surface area contributed by atoms with Gasteiger partial charge in [-0.3, -0.25) is 4.99 Å². The van der Waals surface area contributed by atoms with Crippen LogP contribution in [0, 0.1) is 0 Å². The average Bonchev–Trinajstić information content (AvgIpc) is 2.28. The third kappa shape index (κ3) is 3.99. The van der Waals surface area contributed by atoms with Crippen molar-refractivity contribution in [3.05, 3.63) is 23.8 Å². The average molecular weight is 255 g/mol. The topological polar surface area (TPSA) is 90.1 Å². The van der Waals surface area contributed by atoms with Gasteiger partial charge in [-0.05, 0) is 18.2 Å². The van der Waals surface area contributed by atoms with E-state index in [0.717, 1.165) is 0 Å². The molecule has 3 N–H and O–H groups in total. The smallest absolute Gasteiger partial charge is 0.329 e. The van der Waals surface area contributed by atoms with E-state index in [9.17, 15) is 15.0 Å². The molecule has 1 aromatic carbocycles. The number of thiol groups is 1. The highest BCUT2D eigenvalue weighted by molar-refractivity contribution is 7.80. The van der Waals surface area contributed by atoms with Crippen LogP contribution in [0.2, 0.25) is 0 Å². The van der Waals surface area contributed by atoms with Crippen molar-refractivity contribution in [2.75, 3.05) is 5.75 Å². The van der Waals surface area contributed by atoms with Gasteiger partial charge < -0.3 is 15.3 Å². The van der Waals surface area contributed by atoms with Crippen molar-refractivity contribution >= 4 is 24.8 Å². The van der Waals surface area contributed by atoms with Crippen LogP contribution in [0.15, 0.2) is 23.2 Å². The van der Waals surface area contributed by atoms with Crippen LogP contribution in [0.5, 0.6) is 11.5 Å². The molecule has 92 valence electrons. The van der Waals surface area contributed by atoms with Crippen LogP contribution >= 0.6 is 12.6 Å². The Morgan fingerprint density at radius 1 is 1.47 bits per heavy atom. The van der Waals surface area contributed by atoms with E-state index in [0.29, 0.717) is 5.56 Å². The van der Waals surface area contributed by atoms with Crippen LogP contribution < -0.4 is 0 Å². The molecule has 1 rings (SSSR count). The van der Waals surface area contributed by atoms with Crippen LogP contribution in [0.3, 0.4) is 0 Å². The third-order valence-electron chi connectivity index (χ3n) is 2.12. The van der Waals surface area contributed by atoms with E-state index in [1.807, 2.05) is 0 Å². The van der Waals surface area contributed by atoms with Crippen LogP contribution in [0.25, 0.3) is 0 Å². The molecule has 1 aromatic rings. The molecule has 6 heteroatoms. The zero-order valence-corrected chi connectivity index (χ0v) is 9.84. The number of hydrogen-bond acceptors (Lipinski definition) is 5. The van der Waals surface area contributed by atoms with E-state index in [2.05, 4.69) is 17.6 Å². The fraction of sp³-hybridized carbons (Fsp3) is 0.273. The Morgan fingerprint density at radius 3 is 2.76 bits per heavy atom. The van der Waals surface area contributed by atoms with Gasteiger partial charge >= 0.3 is 5.97 Å². The van der Waals surface area contributed by atoms with Crippen molar-refractivity contribution in [3.63, 3.8) is 0 Å². The van der Waals surface area contributed by atoms with Crippen molar-refractivity contribution in [1.82, 2.24) is 0 Å². The minimum Gasteiger partial charge on any atom is -0.508 e. The molecule has 0 aromatic heterocycles. The molecule has 0 aliphatic heterocycles. The Kier molecular flexibility index (Phi) is 4.84. The van der Waals surface area contributed by atoms with E-state index < -0.39 is 12.0 Å². The number of carboxylic acids is 1. The molecule has 0 aliphatic carbocycles. The Hall–Kier alpha value is -1.69. The van der Waals surface area contributed by atoms with Crippen LogP contribution in [0.1, 0.15) is 5.56 Å². The molecule has 0 fully saturated rings. The lowest BCUT2D eigenvalue weighted by atomic mass is 10.1. The summed E-state index contributed by atoms with van der Waals surface area (Å²) in [5.41, 5.74) is 0.483. The summed E-state index contributed by atoms with van der Waals surface area (Å²) in [4.78, 5) is 14.5. The summed E-state index contributed by atoms with van der Waals surface area (Å²) >= 11 is 3.87. The van der Waals surface area contributed by atoms with Gasteiger partial charge in [0, 0.05) is 24.0 Å². The normalized spacial score (nSPS) is 12.8.